The van der Waals surface area contributed by atoms with Crippen LogP contribution in [0.15, 0.2) is 60.7 Å². The number of phenolic OH excluding ortho intramolecular Hbond substituents is 2. The number of carbonyl (C=O) groups excluding carboxylic acids is 1. The topological polar surface area (TPSA) is 73.2 Å². The molecule has 1 aliphatic heterocycles. The Bertz CT molecular complexity index is 1110. The van der Waals surface area contributed by atoms with E-state index in [0.717, 1.165) is 27.8 Å². The van der Waals surface area contributed by atoms with E-state index in [1.165, 1.54) is 0 Å². The Balaban J connectivity index is 1.99. The van der Waals surface area contributed by atoms with Gasteiger partial charge < -0.3 is 24.7 Å². The highest BCUT2D eigenvalue weighted by molar-refractivity contribution is 5.96. The molecule has 1 aliphatic rings. The van der Waals surface area contributed by atoms with Crippen LogP contribution < -0.4 is 0 Å². The number of cyclic esters (lactones) is 1. The Hall–Kier alpha value is -3.35. The highest BCUT2D eigenvalue weighted by Gasteiger charge is 2.48. The van der Waals surface area contributed by atoms with Crippen LogP contribution in [0.4, 0.5) is 0 Å². The summed E-state index contributed by atoms with van der Waals surface area (Å²) in [5.74, 6) is -0.0199. The third-order valence-electron chi connectivity index (χ3n) is 5.72. The summed E-state index contributed by atoms with van der Waals surface area (Å²) in [5.41, 5.74) is 3.03. The molecule has 0 atom stereocenters. The fourth-order valence-corrected chi connectivity index (χ4v) is 4.36. The normalized spacial score (nSPS) is 14.6. The van der Waals surface area contributed by atoms with Crippen molar-refractivity contribution in [1.82, 2.24) is 9.80 Å². The molecule has 0 bridgehead atoms. The summed E-state index contributed by atoms with van der Waals surface area (Å²) >= 11 is 0. The number of carbonyl (C=O) groups is 1. The smallest absolute Gasteiger partial charge is 0.340 e. The van der Waals surface area contributed by atoms with Crippen molar-refractivity contribution in [2.24, 2.45) is 0 Å². The summed E-state index contributed by atoms with van der Waals surface area (Å²) in [4.78, 5) is 16.9. The Morgan fingerprint density at radius 3 is 1.78 bits per heavy atom. The van der Waals surface area contributed by atoms with E-state index in [4.69, 9.17) is 4.74 Å². The molecule has 0 spiro atoms. The zero-order valence-corrected chi connectivity index (χ0v) is 18.8. The summed E-state index contributed by atoms with van der Waals surface area (Å²) in [7, 11) is 7.72. The first-order valence-corrected chi connectivity index (χ1v) is 10.5. The molecule has 0 amide bonds. The van der Waals surface area contributed by atoms with Crippen LogP contribution in [0.5, 0.6) is 11.5 Å². The van der Waals surface area contributed by atoms with Gasteiger partial charge >= 0.3 is 5.97 Å². The van der Waals surface area contributed by atoms with Crippen molar-refractivity contribution in [2.75, 3.05) is 28.2 Å². The number of esters is 1. The summed E-state index contributed by atoms with van der Waals surface area (Å²) in [6.45, 7) is 1.07. The van der Waals surface area contributed by atoms with Gasteiger partial charge in [-0.3, -0.25) is 0 Å². The molecule has 1 heterocycles. The van der Waals surface area contributed by atoms with Crippen LogP contribution in [0.25, 0.3) is 0 Å². The lowest BCUT2D eigenvalue weighted by Crippen LogP contribution is -2.30. The summed E-state index contributed by atoms with van der Waals surface area (Å²) in [5, 5.41) is 20.9. The molecule has 0 radical (unpaired) electrons. The number of hydrogen-bond donors (Lipinski definition) is 2. The van der Waals surface area contributed by atoms with Crippen LogP contribution in [-0.4, -0.2) is 54.2 Å². The summed E-state index contributed by atoms with van der Waals surface area (Å²) in [6.07, 6.45) is 0. The number of hydrogen-bond acceptors (Lipinski definition) is 6. The quantitative estimate of drug-likeness (QED) is 0.579. The van der Waals surface area contributed by atoms with Crippen molar-refractivity contribution < 1.29 is 19.7 Å². The highest BCUT2D eigenvalue weighted by Crippen LogP contribution is 2.48. The van der Waals surface area contributed by atoms with Crippen molar-refractivity contribution in [3.63, 3.8) is 0 Å². The molecule has 166 valence electrons. The van der Waals surface area contributed by atoms with E-state index in [1.54, 1.807) is 30.3 Å². The van der Waals surface area contributed by atoms with E-state index in [-0.39, 0.29) is 11.5 Å². The molecular weight excluding hydrogens is 404 g/mol. The van der Waals surface area contributed by atoms with Crippen molar-refractivity contribution in [2.45, 2.75) is 18.7 Å². The first-order chi connectivity index (χ1) is 15.2. The molecule has 6 nitrogen and oxygen atoms in total. The zero-order valence-electron chi connectivity index (χ0n) is 18.8. The molecule has 0 saturated heterocycles. The SMILES string of the molecule is CN(C)Cc1cc(C2(c3ccc(O)c(CN(C)C)c3)OC(=O)c3ccccc32)ccc1O. The van der Waals surface area contributed by atoms with E-state index in [1.807, 2.05) is 68.3 Å². The van der Waals surface area contributed by atoms with Crippen LogP contribution in [0.3, 0.4) is 0 Å². The Kier molecular flexibility index (Phi) is 5.67. The number of ether oxygens (including phenoxy) is 1. The van der Waals surface area contributed by atoms with Crippen LogP contribution in [0.1, 0.15) is 38.2 Å². The van der Waals surface area contributed by atoms with Gasteiger partial charge in [0, 0.05) is 40.9 Å². The second kappa shape index (κ2) is 8.30. The van der Waals surface area contributed by atoms with Crippen LogP contribution >= 0.6 is 0 Å². The number of nitrogens with zero attached hydrogens (tertiary/aromatic N) is 2. The van der Waals surface area contributed by atoms with Crippen LogP contribution in [-0.2, 0) is 23.4 Å². The van der Waals surface area contributed by atoms with Gasteiger partial charge in [-0.1, -0.05) is 30.3 Å². The van der Waals surface area contributed by atoms with Crippen molar-refractivity contribution in [1.29, 1.82) is 0 Å². The predicted octanol–water partition coefficient (Wildman–Crippen LogP) is 3.68. The van der Waals surface area contributed by atoms with Crippen LogP contribution in [0, 0.1) is 0 Å². The van der Waals surface area contributed by atoms with Gasteiger partial charge in [0.15, 0.2) is 5.60 Å². The standard InChI is InChI=1S/C26H28N2O4/c1-27(2)15-17-13-19(9-11-23(17)29)26(22-8-6-5-7-21(22)25(31)32-26)20-10-12-24(30)18(14-20)16-28(3)4/h5-14,29-30H,15-16H2,1-4H3. The molecule has 0 fully saturated rings. The minimum Gasteiger partial charge on any atom is -0.508 e. The monoisotopic (exact) mass is 432 g/mol. The number of aromatic hydroxyl groups is 2. The maximum absolute atomic E-state index is 12.9. The molecule has 0 aliphatic carbocycles. The Morgan fingerprint density at radius 2 is 1.28 bits per heavy atom. The first-order valence-electron chi connectivity index (χ1n) is 10.5. The van der Waals surface area contributed by atoms with Gasteiger partial charge in [0.1, 0.15) is 11.5 Å². The molecular formula is C26H28N2O4. The average molecular weight is 433 g/mol. The third kappa shape index (κ3) is 3.72. The second-order valence-electron chi connectivity index (χ2n) is 8.78. The molecule has 3 aromatic carbocycles. The van der Waals surface area contributed by atoms with Crippen molar-refractivity contribution in [3.8, 4) is 11.5 Å². The molecule has 4 rings (SSSR count). The third-order valence-corrected chi connectivity index (χ3v) is 5.72. The van der Waals surface area contributed by atoms with E-state index < -0.39 is 11.6 Å². The first kappa shape index (κ1) is 21.9. The minimum atomic E-state index is -1.18. The molecule has 3 aromatic rings. The second-order valence-corrected chi connectivity index (χ2v) is 8.78. The molecule has 0 saturated carbocycles. The van der Waals surface area contributed by atoms with Gasteiger partial charge in [0.05, 0.1) is 5.56 Å². The number of benzene rings is 3. The van der Waals surface area contributed by atoms with E-state index in [9.17, 15) is 15.0 Å². The summed E-state index contributed by atoms with van der Waals surface area (Å²) < 4.78 is 6.16. The van der Waals surface area contributed by atoms with Gasteiger partial charge in [0.2, 0.25) is 0 Å². The maximum atomic E-state index is 12.9. The average Bonchev–Trinajstić information content (AvgIpc) is 3.04. The van der Waals surface area contributed by atoms with Gasteiger partial charge in [-0.2, -0.15) is 0 Å². The molecule has 0 aromatic heterocycles. The van der Waals surface area contributed by atoms with E-state index in [0.29, 0.717) is 18.7 Å². The Labute approximate surface area is 188 Å². The molecule has 2 N–H and O–H groups in total. The maximum Gasteiger partial charge on any atom is 0.340 e. The lowest BCUT2D eigenvalue weighted by Gasteiger charge is -2.31. The van der Waals surface area contributed by atoms with Gasteiger partial charge in [0.25, 0.3) is 0 Å². The van der Waals surface area contributed by atoms with E-state index >= 15 is 0 Å². The highest BCUT2D eigenvalue weighted by atomic mass is 16.6. The van der Waals surface area contributed by atoms with Gasteiger partial charge in [-0.15, -0.1) is 0 Å². The molecule has 32 heavy (non-hydrogen) atoms. The lowest BCUT2D eigenvalue weighted by atomic mass is 9.78. The molecule has 6 heteroatoms. The van der Waals surface area contributed by atoms with Gasteiger partial charge in [-0.05, 0) is 58.5 Å². The Morgan fingerprint density at radius 1 is 0.781 bits per heavy atom. The zero-order chi connectivity index (χ0) is 23.0. The fraction of sp³-hybridized carbons (Fsp3) is 0.269. The lowest BCUT2D eigenvalue weighted by molar-refractivity contribution is 0.0250. The van der Waals surface area contributed by atoms with E-state index in [2.05, 4.69) is 0 Å². The molecule has 0 unspecified atom stereocenters. The van der Waals surface area contributed by atoms with Crippen molar-refractivity contribution >= 4 is 5.97 Å². The minimum absolute atomic E-state index is 0.189. The number of rotatable bonds is 6. The van der Waals surface area contributed by atoms with Gasteiger partial charge in [-0.25, -0.2) is 4.79 Å². The van der Waals surface area contributed by atoms with Crippen molar-refractivity contribution in [3.05, 3.63) is 94.0 Å². The number of fused-ring (bicyclic) bond motifs is 1. The largest absolute Gasteiger partial charge is 0.508 e. The fourth-order valence-electron chi connectivity index (χ4n) is 4.36. The van der Waals surface area contributed by atoms with Crippen LogP contribution in [0.2, 0.25) is 0 Å². The number of phenols is 2. The predicted molar refractivity (Wildman–Crippen MR) is 123 cm³/mol. The summed E-state index contributed by atoms with van der Waals surface area (Å²) in [6, 6.07) is 18.0.